The zero-order valence-corrected chi connectivity index (χ0v) is 12.2. The van der Waals surface area contributed by atoms with Gasteiger partial charge in [0.1, 0.15) is 11.6 Å². The number of benzene rings is 1. The Morgan fingerprint density at radius 3 is 2.55 bits per heavy atom. The van der Waals surface area contributed by atoms with E-state index >= 15 is 0 Å². The maximum Gasteiger partial charge on any atom is 0.243 e. The van der Waals surface area contributed by atoms with Crippen LogP contribution in [0.4, 0.5) is 4.39 Å². The van der Waals surface area contributed by atoms with Crippen LogP contribution < -0.4 is 0 Å². The summed E-state index contributed by atoms with van der Waals surface area (Å²) in [4.78, 5) is 0.0848. The lowest BCUT2D eigenvalue weighted by Gasteiger charge is -2.17. The van der Waals surface area contributed by atoms with Gasteiger partial charge in [0, 0.05) is 13.1 Å². The molecule has 1 heterocycles. The Labute approximate surface area is 117 Å². The summed E-state index contributed by atoms with van der Waals surface area (Å²) >= 11 is 0. The number of sulfonamides is 1. The van der Waals surface area contributed by atoms with Crippen molar-refractivity contribution in [3.05, 3.63) is 47.1 Å². The first-order chi connectivity index (χ1) is 9.30. The third-order valence-electron chi connectivity index (χ3n) is 2.89. The first kappa shape index (κ1) is 14.7. The summed E-state index contributed by atoms with van der Waals surface area (Å²) in [7, 11) is -2.24. The fourth-order valence-electron chi connectivity index (χ4n) is 1.88. The van der Waals surface area contributed by atoms with Gasteiger partial charge in [0.25, 0.3) is 0 Å². The third-order valence-corrected chi connectivity index (χ3v) is 4.85. The standard InChI is InChI=1S/C13H15FN2O3S/c1-9-6-11(14)4-5-13(9)20(17,18)16(3)8-12-7-10(2)19-15-12/h4-7H,8H2,1-3H3. The van der Waals surface area contributed by atoms with Gasteiger partial charge in [-0.15, -0.1) is 0 Å². The van der Waals surface area contributed by atoms with Gasteiger partial charge in [0.15, 0.2) is 0 Å². The number of aryl methyl sites for hydroxylation is 2. The van der Waals surface area contributed by atoms with Crippen molar-refractivity contribution in [2.24, 2.45) is 0 Å². The maximum atomic E-state index is 13.1. The van der Waals surface area contributed by atoms with E-state index in [1.807, 2.05) is 0 Å². The molecule has 7 heteroatoms. The monoisotopic (exact) mass is 298 g/mol. The summed E-state index contributed by atoms with van der Waals surface area (Å²) in [5.74, 6) is 0.153. The summed E-state index contributed by atoms with van der Waals surface area (Å²) in [6.45, 7) is 3.38. The first-order valence-electron chi connectivity index (χ1n) is 5.95. The molecule has 0 saturated heterocycles. The van der Waals surface area contributed by atoms with E-state index in [-0.39, 0.29) is 11.4 Å². The molecule has 0 spiro atoms. The molecule has 0 aliphatic carbocycles. The van der Waals surface area contributed by atoms with Crippen LogP contribution in [0.25, 0.3) is 0 Å². The van der Waals surface area contributed by atoms with Gasteiger partial charge in [0.2, 0.25) is 10.0 Å². The van der Waals surface area contributed by atoms with E-state index in [0.717, 1.165) is 10.4 Å². The van der Waals surface area contributed by atoms with Crippen molar-refractivity contribution in [2.45, 2.75) is 25.3 Å². The summed E-state index contributed by atoms with van der Waals surface area (Å²) in [5, 5.41) is 3.76. The third kappa shape index (κ3) is 2.88. The number of hydrogen-bond donors (Lipinski definition) is 0. The average molecular weight is 298 g/mol. The van der Waals surface area contributed by atoms with Gasteiger partial charge in [-0.3, -0.25) is 0 Å². The Bertz CT molecular complexity index is 725. The summed E-state index contributed by atoms with van der Waals surface area (Å²) < 4.78 is 44.0. The lowest BCUT2D eigenvalue weighted by Crippen LogP contribution is -2.27. The molecule has 0 aliphatic heterocycles. The van der Waals surface area contributed by atoms with Crippen LogP contribution in [-0.2, 0) is 16.6 Å². The Balaban J connectivity index is 2.29. The minimum atomic E-state index is -3.69. The molecule has 1 aromatic carbocycles. The number of aromatic nitrogens is 1. The van der Waals surface area contributed by atoms with E-state index in [9.17, 15) is 12.8 Å². The van der Waals surface area contributed by atoms with Crippen LogP contribution >= 0.6 is 0 Å². The number of nitrogens with zero attached hydrogens (tertiary/aromatic N) is 2. The zero-order valence-electron chi connectivity index (χ0n) is 11.4. The molecular weight excluding hydrogens is 283 g/mol. The lowest BCUT2D eigenvalue weighted by molar-refractivity contribution is 0.378. The maximum absolute atomic E-state index is 13.1. The molecule has 108 valence electrons. The average Bonchev–Trinajstić information content (AvgIpc) is 2.74. The Kier molecular flexibility index (Phi) is 3.92. The highest BCUT2D eigenvalue weighted by atomic mass is 32.2. The number of halogens is 1. The molecule has 0 atom stereocenters. The molecule has 1 aromatic heterocycles. The second kappa shape index (κ2) is 5.34. The molecule has 0 N–H and O–H groups in total. The fourth-order valence-corrected chi connectivity index (χ4v) is 3.22. The topological polar surface area (TPSA) is 63.4 Å². The van der Waals surface area contributed by atoms with E-state index in [4.69, 9.17) is 4.52 Å². The number of rotatable bonds is 4. The Hall–Kier alpha value is -1.73. The van der Waals surface area contributed by atoms with Gasteiger partial charge in [-0.25, -0.2) is 12.8 Å². The van der Waals surface area contributed by atoms with Crippen LogP contribution in [0.1, 0.15) is 17.0 Å². The second-order valence-corrected chi connectivity index (χ2v) is 6.61. The van der Waals surface area contributed by atoms with Crippen molar-refractivity contribution in [1.82, 2.24) is 9.46 Å². The first-order valence-corrected chi connectivity index (χ1v) is 7.39. The second-order valence-electron chi connectivity index (χ2n) is 4.60. The quantitative estimate of drug-likeness (QED) is 0.868. The van der Waals surface area contributed by atoms with E-state index in [2.05, 4.69) is 5.16 Å². The molecule has 0 aliphatic rings. The van der Waals surface area contributed by atoms with E-state index in [1.54, 1.807) is 19.9 Å². The molecule has 0 fully saturated rings. The largest absolute Gasteiger partial charge is 0.361 e. The van der Waals surface area contributed by atoms with Crippen LogP contribution in [0.15, 0.2) is 33.7 Å². The van der Waals surface area contributed by atoms with Crippen molar-refractivity contribution < 1.29 is 17.3 Å². The minimum absolute atomic E-state index is 0.0848. The summed E-state index contributed by atoms with van der Waals surface area (Å²) in [5.41, 5.74) is 0.890. The molecule has 2 rings (SSSR count). The Morgan fingerprint density at radius 1 is 1.30 bits per heavy atom. The van der Waals surface area contributed by atoms with Gasteiger partial charge < -0.3 is 4.52 Å². The van der Waals surface area contributed by atoms with Crippen molar-refractivity contribution >= 4 is 10.0 Å². The molecule has 0 amide bonds. The van der Waals surface area contributed by atoms with E-state index < -0.39 is 15.8 Å². The smallest absolute Gasteiger partial charge is 0.243 e. The molecule has 20 heavy (non-hydrogen) atoms. The highest BCUT2D eigenvalue weighted by Gasteiger charge is 2.23. The van der Waals surface area contributed by atoms with Gasteiger partial charge >= 0.3 is 0 Å². The van der Waals surface area contributed by atoms with Crippen molar-refractivity contribution in [1.29, 1.82) is 0 Å². The molecule has 0 radical (unpaired) electrons. The van der Waals surface area contributed by atoms with Gasteiger partial charge in [-0.05, 0) is 37.6 Å². The molecule has 0 bridgehead atoms. The summed E-state index contributed by atoms with van der Waals surface area (Å²) in [6.07, 6.45) is 0. The van der Waals surface area contributed by atoms with Crippen LogP contribution in [0.3, 0.4) is 0 Å². The highest BCUT2D eigenvalue weighted by molar-refractivity contribution is 7.89. The van der Waals surface area contributed by atoms with E-state index in [0.29, 0.717) is 17.0 Å². The van der Waals surface area contributed by atoms with Crippen LogP contribution in [-0.4, -0.2) is 24.9 Å². The molecule has 2 aromatic rings. The van der Waals surface area contributed by atoms with Crippen LogP contribution in [0, 0.1) is 19.7 Å². The molecule has 0 unspecified atom stereocenters. The molecule has 0 saturated carbocycles. The van der Waals surface area contributed by atoms with Crippen molar-refractivity contribution in [3.63, 3.8) is 0 Å². The molecule has 5 nitrogen and oxygen atoms in total. The van der Waals surface area contributed by atoms with Crippen molar-refractivity contribution in [2.75, 3.05) is 7.05 Å². The predicted molar refractivity (Wildman–Crippen MR) is 71.0 cm³/mol. The normalized spacial score (nSPS) is 12.1. The minimum Gasteiger partial charge on any atom is -0.361 e. The highest BCUT2D eigenvalue weighted by Crippen LogP contribution is 2.21. The van der Waals surface area contributed by atoms with Gasteiger partial charge in [0.05, 0.1) is 17.1 Å². The predicted octanol–water partition coefficient (Wildman–Crippen LogP) is 2.25. The van der Waals surface area contributed by atoms with Crippen LogP contribution in [0.2, 0.25) is 0 Å². The fraction of sp³-hybridized carbons (Fsp3) is 0.308. The molecular formula is C13H15FN2O3S. The van der Waals surface area contributed by atoms with Crippen LogP contribution in [0.5, 0.6) is 0 Å². The summed E-state index contributed by atoms with van der Waals surface area (Å²) in [6, 6.07) is 5.27. The Morgan fingerprint density at radius 2 is 2.00 bits per heavy atom. The lowest BCUT2D eigenvalue weighted by atomic mass is 10.2. The number of hydrogen-bond acceptors (Lipinski definition) is 4. The zero-order chi connectivity index (χ0) is 14.9. The van der Waals surface area contributed by atoms with E-state index in [1.165, 1.54) is 19.2 Å². The van der Waals surface area contributed by atoms with Gasteiger partial charge in [-0.2, -0.15) is 4.31 Å². The van der Waals surface area contributed by atoms with Gasteiger partial charge in [-0.1, -0.05) is 5.16 Å². The van der Waals surface area contributed by atoms with Crippen molar-refractivity contribution in [3.8, 4) is 0 Å². The SMILES string of the molecule is Cc1cc(CN(C)S(=O)(=O)c2ccc(F)cc2C)no1.